The number of fused-ring (bicyclic) bond motifs is 2. The second kappa shape index (κ2) is 4.89. The number of H-pyrrole nitrogens is 1. The van der Waals surface area contributed by atoms with Gasteiger partial charge in [-0.1, -0.05) is 29.8 Å². The minimum absolute atomic E-state index is 0.0229. The Bertz CT molecular complexity index is 897. The maximum absolute atomic E-state index is 12.9. The van der Waals surface area contributed by atoms with E-state index in [2.05, 4.69) is 11.1 Å². The van der Waals surface area contributed by atoms with Gasteiger partial charge in [0.15, 0.2) is 0 Å². The SMILES string of the molecule is Cc1c(C(=O)N2CCc3ccccc32)[nH]c2ccc(Cl)cc12. The minimum atomic E-state index is 0.0229. The summed E-state index contributed by atoms with van der Waals surface area (Å²) in [6.45, 7) is 2.69. The zero-order valence-corrected chi connectivity index (χ0v) is 12.9. The quantitative estimate of drug-likeness (QED) is 0.713. The van der Waals surface area contributed by atoms with Crippen LogP contribution in [0.3, 0.4) is 0 Å². The van der Waals surface area contributed by atoms with Crippen molar-refractivity contribution in [3.63, 3.8) is 0 Å². The van der Waals surface area contributed by atoms with E-state index in [9.17, 15) is 4.79 Å². The van der Waals surface area contributed by atoms with E-state index in [1.807, 2.05) is 48.2 Å². The maximum atomic E-state index is 12.9. The lowest BCUT2D eigenvalue weighted by molar-refractivity contribution is 0.0985. The van der Waals surface area contributed by atoms with E-state index < -0.39 is 0 Å². The van der Waals surface area contributed by atoms with Crippen molar-refractivity contribution in [2.75, 3.05) is 11.4 Å². The minimum Gasteiger partial charge on any atom is -0.350 e. The van der Waals surface area contributed by atoms with Crippen LogP contribution in [0.15, 0.2) is 42.5 Å². The van der Waals surface area contributed by atoms with Crippen LogP contribution in [0.2, 0.25) is 5.02 Å². The Kier molecular flexibility index (Phi) is 2.98. The van der Waals surface area contributed by atoms with E-state index in [0.717, 1.165) is 35.1 Å². The molecule has 0 saturated carbocycles. The molecule has 3 nitrogen and oxygen atoms in total. The van der Waals surface area contributed by atoms with Crippen LogP contribution >= 0.6 is 11.6 Å². The van der Waals surface area contributed by atoms with Crippen molar-refractivity contribution < 1.29 is 4.79 Å². The molecular formula is C18H15ClN2O. The lowest BCUT2D eigenvalue weighted by Crippen LogP contribution is -2.29. The summed E-state index contributed by atoms with van der Waals surface area (Å²) in [4.78, 5) is 18.1. The number of carbonyl (C=O) groups excluding carboxylic acids is 1. The molecule has 2 aromatic carbocycles. The van der Waals surface area contributed by atoms with Gasteiger partial charge in [-0.05, 0) is 48.7 Å². The van der Waals surface area contributed by atoms with Gasteiger partial charge in [0.25, 0.3) is 5.91 Å². The van der Waals surface area contributed by atoms with E-state index in [-0.39, 0.29) is 5.91 Å². The summed E-state index contributed by atoms with van der Waals surface area (Å²) in [6, 6.07) is 13.7. The maximum Gasteiger partial charge on any atom is 0.275 e. The monoisotopic (exact) mass is 310 g/mol. The Labute approximate surface area is 133 Å². The first kappa shape index (κ1) is 13.4. The van der Waals surface area contributed by atoms with Crippen LogP contribution in [-0.4, -0.2) is 17.4 Å². The molecule has 1 aliphatic rings. The summed E-state index contributed by atoms with van der Waals surface area (Å²) in [5.74, 6) is 0.0229. The van der Waals surface area contributed by atoms with Crippen LogP contribution in [0.4, 0.5) is 5.69 Å². The molecule has 4 rings (SSSR count). The van der Waals surface area contributed by atoms with Crippen molar-refractivity contribution in [2.45, 2.75) is 13.3 Å². The summed E-state index contributed by atoms with van der Waals surface area (Å²) in [5.41, 5.74) is 4.79. The highest BCUT2D eigenvalue weighted by atomic mass is 35.5. The number of para-hydroxylation sites is 1. The molecule has 4 heteroatoms. The van der Waals surface area contributed by atoms with Gasteiger partial charge in [-0.2, -0.15) is 0 Å². The second-order valence-corrected chi connectivity index (χ2v) is 6.09. The summed E-state index contributed by atoms with van der Waals surface area (Å²) < 4.78 is 0. The standard InChI is InChI=1S/C18H15ClN2O/c1-11-14-10-13(19)6-7-15(14)20-17(11)18(22)21-9-8-12-4-2-3-5-16(12)21/h2-7,10,20H,8-9H2,1H3. The van der Waals surface area contributed by atoms with Gasteiger partial charge in [0.2, 0.25) is 0 Å². The normalized spacial score (nSPS) is 13.6. The number of aromatic amines is 1. The highest BCUT2D eigenvalue weighted by Crippen LogP contribution is 2.31. The fraction of sp³-hybridized carbons (Fsp3) is 0.167. The Morgan fingerprint density at radius 1 is 1.23 bits per heavy atom. The molecule has 1 aliphatic heterocycles. The third-order valence-electron chi connectivity index (χ3n) is 4.37. The molecule has 0 unspecified atom stereocenters. The molecule has 1 N–H and O–H groups in total. The van der Waals surface area contributed by atoms with Crippen molar-refractivity contribution in [2.24, 2.45) is 0 Å². The van der Waals surface area contributed by atoms with Gasteiger partial charge < -0.3 is 9.88 Å². The van der Waals surface area contributed by atoms with Gasteiger partial charge in [-0.3, -0.25) is 4.79 Å². The number of anilines is 1. The molecule has 22 heavy (non-hydrogen) atoms. The summed E-state index contributed by atoms with van der Waals surface area (Å²) in [7, 11) is 0. The van der Waals surface area contributed by atoms with Gasteiger partial charge >= 0.3 is 0 Å². The summed E-state index contributed by atoms with van der Waals surface area (Å²) in [5, 5.41) is 1.68. The molecule has 2 heterocycles. The molecule has 0 bridgehead atoms. The summed E-state index contributed by atoms with van der Waals surface area (Å²) in [6.07, 6.45) is 0.910. The number of hydrogen-bond acceptors (Lipinski definition) is 1. The van der Waals surface area contributed by atoms with Gasteiger partial charge in [0, 0.05) is 28.2 Å². The van der Waals surface area contributed by atoms with E-state index >= 15 is 0 Å². The van der Waals surface area contributed by atoms with Crippen molar-refractivity contribution in [3.05, 3.63) is 64.3 Å². The highest BCUT2D eigenvalue weighted by molar-refractivity contribution is 6.31. The molecule has 1 amide bonds. The van der Waals surface area contributed by atoms with E-state index in [4.69, 9.17) is 11.6 Å². The van der Waals surface area contributed by atoms with Gasteiger partial charge in [0.1, 0.15) is 5.69 Å². The van der Waals surface area contributed by atoms with E-state index in [1.54, 1.807) is 0 Å². The number of nitrogens with zero attached hydrogens (tertiary/aromatic N) is 1. The highest BCUT2D eigenvalue weighted by Gasteiger charge is 2.27. The Hall–Kier alpha value is -2.26. The lowest BCUT2D eigenvalue weighted by atomic mass is 10.1. The lowest BCUT2D eigenvalue weighted by Gasteiger charge is -2.17. The smallest absolute Gasteiger partial charge is 0.275 e. The predicted octanol–water partition coefficient (Wildman–Crippen LogP) is 4.33. The van der Waals surface area contributed by atoms with Crippen molar-refractivity contribution in [1.82, 2.24) is 4.98 Å². The predicted molar refractivity (Wildman–Crippen MR) is 89.9 cm³/mol. The average molecular weight is 311 g/mol. The summed E-state index contributed by atoms with van der Waals surface area (Å²) >= 11 is 6.06. The van der Waals surface area contributed by atoms with Crippen LogP contribution in [0.25, 0.3) is 10.9 Å². The van der Waals surface area contributed by atoms with Crippen LogP contribution in [0, 0.1) is 6.92 Å². The molecule has 0 spiro atoms. The fourth-order valence-corrected chi connectivity index (χ4v) is 3.37. The molecule has 110 valence electrons. The molecular weight excluding hydrogens is 296 g/mol. The zero-order chi connectivity index (χ0) is 15.3. The van der Waals surface area contributed by atoms with Crippen LogP contribution in [0.1, 0.15) is 21.6 Å². The topological polar surface area (TPSA) is 36.1 Å². The Morgan fingerprint density at radius 3 is 2.91 bits per heavy atom. The molecule has 3 aromatic rings. The van der Waals surface area contributed by atoms with Gasteiger partial charge in [-0.25, -0.2) is 0 Å². The largest absolute Gasteiger partial charge is 0.350 e. The number of hydrogen-bond donors (Lipinski definition) is 1. The molecule has 0 fully saturated rings. The fourth-order valence-electron chi connectivity index (χ4n) is 3.20. The number of halogens is 1. The average Bonchev–Trinajstić information content (AvgIpc) is 3.09. The van der Waals surface area contributed by atoms with Gasteiger partial charge in [0.05, 0.1) is 0 Å². The van der Waals surface area contributed by atoms with Crippen molar-refractivity contribution in [3.8, 4) is 0 Å². The van der Waals surface area contributed by atoms with Crippen LogP contribution in [0.5, 0.6) is 0 Å². The third-order valence-corrected chi connectivity index (χ3v) is 4.60. The first-order chi connectivity index (χ1) is 10.6. The molecule has 0 saturated heterocycles. The number of amides is 1. The number of rotatable bonds is 1. The number of carbonyl (C=O) groups is 1. The first-order valence-corrected chi connectivity index (χ1v) is 7.70. The second-order valence-electron chi connectivity index (χ2n) is 5.65. The zero-order valence-electron chi connectivity index (χ0n) is 12.2. The van der Waals surface area contributed by atoms with Crippen LogP contribution < -0.4 is 4.90 Å². The number of aromatic nitrogens is 1. The van der Waals surface area contributed by atoms with Crippen molar-refractivity contribution in [1.29, 1.82) is 0 Å². The third kappa shape index (κ3) is 1.93. The Balaban J connectivity index is 1.80. The number of nitrogens with one attached hydrogen (secondary N) is 1. The Morgan fingerprint density at radius 2 is 2.05 bits per heavy atom. The van der Waals surface area contributed by atoms with Gasteiger partial charge in [-0.15, -0.1) is 0 Å². The van der Waals surface area contributed by atoms with E-state index in [1.165, 1.54) is 5.56 Å². The molecule has 1 aromatic heterocycles. The van der Waals surface area contributed by atoms with Crippen molar-refractivity contribution >= 4 is 34.1 Å². The number of aryl methyl sites for hydroxylation is 1. The van der Waals surface area contributed by atoms with Crippen LogP contribution in [-0.2, 0) is 6.42 Å². The first-order valence-electron chi connectivity index (χ1n) is 7.33. The molecule has 0 atom stereocenters. The molecule has 0 aliphatic carbocycles. The van der Waals surface area contributed by atoms with E-state index in [0.29, 0.717) is 10.7 Å². The molecule has 0 radical (unpaired) electrons. The number of benzene rings is 2.